The van der Waals surface area contributed by atoms with Crippen molar-refractivity contribution in [1.82, 2.24) is 15.5 Å². The molecule has 0 aliphatic carbocycles. The topological polar surface area (TPSA) is 70.7 Å². The van der Waals surface area contributed by atoms with Crippen LogP contribution in [0.3, 0.4) is 0 Å². The molecule has 0 radical (unpaired) electrons. The van der Waals surface area contributed by atoms with Crippen molar-refractivity contribution in [1.29, 1.82) is 0 Å². The summed E-state index contributed by atoms with van der Waals surface area (Å²) in [5.74, 6) is 2.11. The molecule has 6 nitrogen and oxygen atoms in total. The fourth-order valence-electron chi connectivity index (χ4n) is 5.23. The number of nitrogens with zero attached hydrogens (tertiary/aromatic N) is 1. The van der Waals surface area contributed by atoms with Crippen LogP contribution in [-0.2, 0) is 16.0 Å². The Balaban J connectivity index is 1.37. The second kappa shape index (κ2) is 8.52. The largest absolute Gasteiger partial charge is 0.494 e. The van der Waals surface area contributed by atoms with Gasteiger partial charge in [0.1, 0.15) is 5.75 Å². The van der Waals surface area contributed by atoms with E-state index < -0.39 is 0 Å². The number of nitrogens with one attached hydrogen (secondary N) is 2. The first-order valence-corrected chi connectivity index (χ1v) is 10.7. The van der Waals surface area contributed by atoms with Crippen molar-refractivity contribution in [3.63, 3.8) is 0 Å². The van der Waals surface area contributed by atoms with E-state index in [1.807, 2.05) is 31.2 Å². The maximum absolute atomic E-state index is 12.7. The fraction of sp³-hybridized carbons (Fsp3) is 0.636. The van der Waals surface area contributed by atoms with Gasteiger partial charge in [0.15, 0.2) is 0 Å². The number of carbonyl (C=O) groups excluding carboxylic acids is 2. The maximum Gasteiger partial charge on any atom is 0.224 e. The molecule has 2 bridgehead atoms. The average Bonchev–Trinajstić information content (AvgIpc) is 2.70. The first-order chi connectivity index (χ1) is 13.7. The van der Waals surface area contributed by atoms with Crippen molar-refractivity contribution in [2.45, 2.75) is 51.1 Å². The van der Waals surface area contributed by atoms with Crippen molar-refractivity contribution >= 4 is 11.8 Å². The minimum Gasteiger partial charge on any atom is -0.494 e. The molecular formula is C22H31N3O3. The van der Waals surface area contributed by atoms with E-state index in [1.165, 1.54) is 6.42 Å². The van der Waals surface area contributed by atoms with Gasteiger partial charge in [-0.1, -0.05) is 12.1 Å². The second-order valence-corrected chi connectivity index (χ2v) is 8.30. The molecule has 3 heterocycles. The van der Waals surface area contributed by atoms with E-state index in [-0.39, 0.29) is 17.9 Å². The lowest BCUT2D eigenvalue weighted by atomic mass is 9.72. The highest BCUT2D eigenvalue weighted by atomic mass is 16.5. The quantitative estimate of drug-likeness (QED) is 0.783. The summed E-state index contributed by atoms with van der Waals surface area (Å²) in [5.41, 5.74) is 0.968. The van der Waals surface area contributed by atoms with Gasteiger partial charge in [-0.2, -0.15) is 0 Å². The van der Waals surface area contributed by atoms with Gasteiger partial charge in [-0.15, -0.1) is 0 Å². The van der Waals surface area contributed by atoms with E-state index in [1.54, 1.807) is 0 Å². The van der Waals surface area contributed by atoms with Crippen LogP contribution in [-0.4, -0.2) is 55.0 Å². The third-order valence-corrected chi connectivity index (χ3v) is 6.51. The SMILES string of the molecule is CCOc1ccc(CC(=O)NC[C@H]2[C@@H]3CNC[C@H](C3)[C@@H]3CCCC(=O)N32)cc1. The summed E-state index contributed by atoms with van der Waals surface area (Å²) >= 11 is 0. The molecule has 0 unspecified atom stereocenters. The Bertz CT molecular complexity index is 705. The standard InChI is InChI=1S/C22H31N3O3/c1-2-28-18-8-6-15(7-9-18)10-21(26)24-14-20-17-11-16(12-23-13-17)19-4-3-5-22(27)25(19)20/h6-9,16-17,19-20,23H,2-5,10-14H2,1H3,(H,24,26)/t16-,17-,19-,20-/m0/s1. The molecule has 3 aliphatic rings. The number of benzene rings is 1. The number of amides is 2. The molecule has 0 spiro atoms. The molecule has 4 atom stereocenters. The Morgan fingerprint density at radius 3 is 2.82 bits per heavy atom. The van der Waals surface area contributed by atoms with Gasteiger partial charge < -0.3 is 20.3 Å². The van der Waals surface area contributed by atoms with Crippen molar-refractivity contribution in [2.24, 2.45) is 11.8 Å². The van der Waals surface area contributed by atoms with Crippen molar-refractivity contribution < 1.29 is 14.3 Å². The third-order valence-electron chi connectivity index (χ3n) is 6.51. The monoisotopic (exact) mass is 385 g/mol. The van der Waals surface area contributed by atoms with Crippen LogP contribution in [0.15, 0.2) is 24.3 Å². The highest BCUT2D eigenvalue weighted by molar-refractivity contribution is 5.79. The summed E-state index contributed by atoms with van der Waals surface area (Å²) in [4.78, 5) is 27.3. The number of ether oxygens (including phenoxy) is 1. The molecule has 1 aromatic rings. The third kappa shape index (κ3) is 4.02. The lowest BCUT2D eigenvalue weighted by molar-refractivity contribution is -0.149. The fourth-order valence-corrected chi connectivity index (χ4v) is 5.23. The zero-order chi connectivity index (χ0) is 19.5. The highest BCUT2D eigenvalue weighted by Crippen LogP contribution is 2.39. The minimum atomic E-state index is 0.0102. The Kier molecular flexibility index (Phi) is 5.85. The van der Waals surface area contributed by atoms with Gasteiger partial charge in [0.25, 0.3) is 0 Å². The van der Waals surface area contributed by atoms with Crippen LogP contribution in [0, 0.1) is 11.8 Å². The predicted octanol–water partition coefficient (Wildman–Crippen LogP) is 1.73. The number of fused-ring (bicyclic) bond motifs is 4. The smallest absolute Gasteiger partial charge is 0.224 e. The summed E-state index contributed by atoms with van der Waals surface area (Å²) in [5, 5.41) is 6.65. The second-order valence-electron chi connectivity index (χ2n) is 8.30. The number of carbonyl (C=O) groups is 2. The van der Waals surface area contributed by atoms with Crippen molar-refractivity contribution in [2.75, 3.05) is 26.2 Å². The Morgan fingerprint density at radius 2 is 2.04 bits per heavy atom. The molecule has 6 heteroatoms. The summed E-state index contributed by atoms with van der Waals surface area (Å²) in [7, 11) is 0. The zero-order valence-corrected chi connectivity index (χ0v) is 16.7. The van der Waals surface area contributed by atoms with Gasteiger partial charge in [-0.3, -0.25) is 9.59 Å². The van der Waals surface area contributed by atoms with Crippen molar-refractivity contribution in [3.05, 3.63) is 29.8 Å². The van der Waals surface area contributed by atoms with Crippen LogP contribution < -0.4 is 15.4 Å². The molecule has 3 fully saturated rings. The van der Waals surface area contributed by atoms with E-state index in [9.17, 15) is 9.59 Å². The predicted molar refractivity (Wildman–Crippen MR) is 107 cm³/mol. The molecule has 2 amide bonds. The number of hydrogen-bond donors (Lipinski definition) is 2. The van der Waals surface area contributed by atoms with E-state index in [4.69, 9.17) is 4.74 Å². The Hall–Kier alpha value is -2.08. The van der Waals surface area contributed by atoms with E-state index in [0.717, 1.165) is 37.2 Å². The van der Waals surface area contributed by atoms with Crippen molar-refractivity contribution in [3.8, 4) is 5.75 Å². The first-order valence-electron chi connectivity index (χ1n) is 10.7. The average molecular weight is 386 g/mol. The van der Waals surface area contributed by atoms with Gasteiger partial charge in [-0.25, -0.2) is 0 Å². The van der Waals surface area contributed by atoms with E-state index in [0.29, 0.717) is 43.9 Å². The number of hydrogen-bond acceptors (Lipinski definition) is 4. The van der Waals surface area contributed by atoms with Crippen LogP contribution in [0.4, 0.5) is 0 Å². The summed E-state index contributed by atoms with van der Waals surface area (Å²) in [6.45, 7) is 5.09. The molecule has 3 aliphatic heterocycles. The molecule has 0 saturated carbocycles. The lowest BCUT2D eigenvalue weighted by Crippen LogP contribution is -2.66. The molecule has 152 valence electrons. The lowest BCUT2D eigenvalue weighted by Gasteiger charge is -2.54. The molecule has 1 aromatic carbocycles. The normalized spacial score (nSPS) is 29.2. The zero-order valence-electron chi connectivity index (χ0n) is 16.7. The summed E-state index contributed by atoms with van der Waals surface area (Å²) < 4.78 is 5.45. The van der Waals surface area contributed by atoms with Crippen LogP contribution in [0.5, 0.6) is 5.75 Å². The maximum atomic E-state index is 12.7. The number of rotatable bonds is 6. The van der Waals surface area contributed by atoms with Gasteiger partial charge in [0.05, 0.1) is 19.1 Å². The molecule has 3 saturated heterocycles. The Labute approximate surface area is 167 Å². The van der Waals surface area contributed by atoms with E-state index in [2.05, 4.69) is 15.5 Å². The van der Waals surface area contributed by atoms with E-state index >= 15 is 0 Å². The molecule has 0 aromatic heterocycles. The van der Waals surface area contributed by atoms with Crippen LogP contribution in [0.25, 0.3) is 0 Å². The Morgan fingerprint density at radius 1 is 1.25 bits per heavy atom. The van der Waals surface area contributed by atoms with Gasteiger partial charge in [0, 0.05) is 25.6 Å². The number of piperidine rings is 3. The minimum absolute atomic E-state index is 0.0102. The van der Waals surface area contributed by atoms with Gasteiger partial charge in [0.2, 0.25) is 11.8 Å². The van der Waals surface area contributed by atoms with Crippen LogP contribution >= 0.6 is 0 Å². The summed E-state index contributed by atoms with van der Waals surface area (Å²) in [6, 6.07) is 8.14. The molecule has 2 N–H and O–H groups in total. The molecular weight excluding hydrogens is 354 g/mol. The van der Waals surface area contributed by atoms with Gasteiger partial charge in [-0.05, 0) is 62.3 Å². The van der Waals surface area contributed by atoms with Crippen LogP contribution in [0.2, 0.25) is 0 Å². The van der Waals surface area contributed by atoms with Gasteiger partial charge >= 0.3 is 0 Å². The van der Waals surface area contributed by atoms with Crippen LogP contribution in [0.1, 0.15) is 38.2 Å². The molecule has 28 heavy (non-hydrogen) atoms. The molecule has 4 rings (SSSR count). The highest BCUT2D eigenvalue weighted by Gasteiger charge is 2.47. The summed E-state index contributed by atoms with van der Waals surface area (Å²) in [6.07, 6.45) is 4.27. The first kappa shape index (κ1) is 19.2.